The number of hydrogen-bond donors (Lipinski definition) is 2. The van der Waals surface area contributed by atoms with Crippen LogP contribution in [0.15, 0.2) is 29.2 Å². The van der Waals surface area contributed by atoms with Gasteiger partial charge < -0.3 is 5.32 Å². The lowest BCUT2D eigenvalue weighted by Crippen LogP contribution is -2.40. The largest absolute Gasteiger partial charge is 0.352 e. The summed E-state index contributed by atoms with van der Waals surface area (Å²) >= 11 is 0. The van der Waals surface area contributed by atoms with Crippen LogP contribution >= 0.6 is 0 Å². The van der Waals surface area contributed by atoms with Crippen molar-refractivity contribution < 1.29 is 13.2 Å². The molecule has 0 aromatic heterocycles. The lowest BCUT2D eigenvalue weighted by Gasteiger charge is -2.20. The fourth-order valence-corrected chi connectivity index (χ4v) is 3.41. The van der Waals surface area contributed by atoms with Crippen molar-refractivity contribution in [2.75, 3.05) is 6.54 Å². The van der Waals surface area contributed by atoms with E-state index in [0.717, 1.165) is 19.3 Å². The van der Waals surface area contributed by atoms with Crippen LogP contribution in [0.25, 0.3) is 0 Å². The smallest absolute Gasteiger partial charge is 0.251 e. The first kappa shape index (κ1) is 18.6. The van der Waals surface area contributed by atoms with Gasteiger partial charge in [-0.05, 0) is 45.4 Å². The normalized spacial score (nSPS) is 12.2. The van der Waals surface area contributed by atoms with Crippen LogP contribution in [0.2, 0.25) is 0 Å². The van der Waals surface area contributed by atoms with E-state index in [1.807, 2.05) is 0 Å². The van der Waals surface area contributed by atoms with Crippen LogP contribution in [0.3, 0.4) is 0 Å². The highest BCUT2D eigenvalue weighted by Gasteiger charge is 2.22. The van der Waals surface area contributed by atoms with Gasteiger partial charge in [0, 0.05) is 17.6 Å². The first-order valence-corrected chi connectivity index (χ1v) is 9.06. The second-order valence-corrected chi connectivity index (χ2v) is 8.03. The highest BCUT2D eigenvalue weighted by molar-refractivity contribution is 7.89. The molecule has 0 saturated heterocycles. The summed E-state index contributed by atoms with van der Waals surface area (Å²) in [4.78, 5) is 12.1. The molecule has 1 aromatic carbocycles. The highest BCUT2D eigenvalue weighted by atomic mass is 32.2. The maximum atomic E-state index is 12.3. The van der Waals surface area contributed by atoms with Gasteiger partial charge in [-0.15, -0.1) is 0 Å². The molecule has 0 fully saturated rings. The van der Waals surface area contributed by atoms with Crippen molar-refractivity contribution in [3.63, 3.8) is 0 Å². The molecule has 0 aliphatic carbocycles. The van der Waals surface area contributed by atoms with Gasteiger partial charge in [0.15, 0.2) is 0 Å². The highest BCUT2D eigenvalue weighted by Crippen LogP contribution is 2.14. The van der Waals surface area contributed by atoms with Gasteiger partial charge in [0.25, 0.3) is 5.91 Å². The standard InChI is InChI=1S/C16H26N2O3S/c1-5-6-7-11-17-15(19)13-9-8-10-14(12-13)22(20,21)18-16(2,3)4/h8-10,12,18H,5-7,11H2,1-4H3,(H,17,19). The summed E-state index contributed by atoms with van der Waals surface area (Å²) in [5.74, 6) is -0.246. The Morgan fingerprint density at radius 2 is 1.86 bits per heavy atom. The molecule has 1 aromatic rings. The van der Waals surface area contributed by atoms with E-state index in [1.165, 1.54) is 12.1 Å². The van der Waals surface area contributed by atoms with Crippen molar-refractivity contribution in [1.29, 1.82) is 0 Å². The maximum absolute atomic E-state index is 12.3. The molecule has 0 bridgehead atoms. The van der Waals surface area contributed by atoms with Crippen molar-refractivity contribution >= 4 is 15.9 Å². The van der Waals surface area contributed by atoms with Crippen LogP contribution in [-0.2, 0) is 10.0 Å². The molecule has 5 nitrogen and oxygen atoms in total. The fraction of sp³-hybridized carbons (Fsp3) is 0.562. The second kappa shape index (κ2) is 7.74. The summed E-state index contributed by atoms with van der Waals surface area (Å²) < 4.78 is 27.1. The molecule has 0 unspecified atom stereocenters. The van der Waals surface area contributed by atoms with Gasteiger partial charge in [0.2, 0.25) is 10.0 Å². The summed E-state index contributed by atoms with van der Waals surface area (Å²) in [6.45, 7) is 8.01. The van der Waals surface area contributed by atoms with Gasteiger partial charge in [0.1, 0.15) is 0 Å². The number of carbonyl (C=O) groups excluding carboxylic acids is 1. The Balaban J connectivity index is 2.83. The van der Waals surface area contributed by atoms with Crippen molar-refractivity contribution in [3.05, 3.63) is 29.8 Å². The monoisotopic (exact) mass is 326 g/mol. The molecule has 0 aliphatic rings. The Hall–Kier alpha value is -1.40. The molecule has 124 valence electrons. The predicted molar refractivity (Wildman–Crippen MR) is 88.4 cm³/mol. The number of sulfonamides is 1. The summed E-state index contributed by atoms with van der Waals surface area (Å²) in [6, 6.07) is 6.09. The van der Waals surface area contributed by atoms with Crippen LogP contribution in [0.4, 0.5) is 0 Å². The zero-order chi connectivity index (χ0) is 16.8. The van der Waals surface area contributed by atoms with Crippen LogP contribution in [-0.4, -0.2) is 26.4 Å². The number of hydrogen-bond acceptors (Lipinski definition) is 3. The Morgan fingerprint density at radius 3 is 2.45 bits per heavy atom. The molecule has 1 rings (SSSR count). The first-order chi connectivity index (χ1) is 10.2. The molecule has 0 saturated carbocycles. The molecule has 22 heavy (non-hydrogen) atoms. The predicted octanol–water partition coefficient (Wildman–Crippen LogP) is 2.68. The lowest BCUT2D eigenvalue weighted by atomic mass is 10.1. The SMILES string of the molecule is CCCCCNC(=O)c1cccc(S(=O)(=O)NC(C)(C)C)c1. The third-order valence-corrected chi connectivity index (χ3v) is 4.67. The molecule has 6 heteroatoms. The number of carbonyl (C=O) groups is 1. The molecule has 0 atom stereocenters. The van der Waals surface area contributed by atoms with Crippen molar-refractivity contribution in [3.8, 4) is 0 Å². The van der Waals surface area contributed by atoms with E-state index in [9.17, 15) is 13.2 Å². The summed E-state index contributed by atoms with van der Waals surface area (Å²) in [6.07, 6.45) is 3.07. The van der Waals surface area contributed by atoms with E-state index in [4.69, 9.17) is 0 Å². The number of amides is 1. The fourth-order valence-electron chi connectivity index (χ4n) is 1.95. The van der Waals surface area contributed by atoms with E-state index in [2.05, 4.69) is 17.0 Å². The minimum absolute atomic E-state index is 0.101. The number of unbranched alkanes of at least 4 members (excludes halogenated alkanes) is 2. The summed E-state index contributed by atoms with van der Waals surface area (Å²) in [5.41, 5.74) is -0.217. The third kappa shape index (κ3) is 6.15. The van der Waals surface area contributed by atoms with Crippen LogP contribution in [0, 0.1) is 0 Å². The van der Waals surface area contributed by atoms with E-state index in [1.54, 1.807) is 32.9 Å². The molecular weight excluding hydrogens is 300 g/mol. The minimum atomic E-state index is -3.63. The Morgan fingerprint density at radius 1 is 1.18 bits per heavy atom. The topological polar surface area (TPSA) is 75.3 Å². The molecule has 0 heterocycles. The van der Waals surface area contributed by atoms with Crippen LogP contribution < -0.4 is 10.0 Å². The number of nitrogens with one attached hydrogen (secondary N) is 2. The van der Waals surface area contributed by atoms with E-state index in [0.29, 0.717) is 12.1 Å². The molecular formula is C16H26N2O3S. The molecule has 1 amide bonds. The third-order valence-electron chi connectivity index (χ3n) is 2.91. The summed E-state index contributed by atoms with van der Waals surface area (Å²) in [7, 11) is -3.63. The minimum Gasteiger partial charge on any atom is -0.352 e. The molecule has 0 radical (unpaired) electrons. The van der Waals surface area contributed by atoms with Crippen LogP contribution in [0.5, 0.6) is 0 Å². The Bertz CT molecular complexity index is 604. The number of benzene rings is 1. The van der Waals surface area contributed by atoms with Crippen molar-refractivity contribution in [1.82, 2.24) is 10.0 Å². The maximum Gasteiger partial charge on any atom is 0.251 e. The molecule has 2 N–H and O–H groups in total. The van der Waals surface area contributed by atoms with Gasteiger partial charge >= 0.3 is 0 Å². The van der Waals surface area contributed by atoms with Gasteiger partial charge in [-0.25, -0.2) is 13.1 Å². The Labute approximate surface area is 133 Å². The second-order valence-electron chi connectivity index (χ2n) is 6.35. The average molecular weight is 326 g/mol. The number of rotatable bonds is 7. The van der Waals surface area contributed by atoms with Gasteiger partial charge in [-0.1, -0.05) is 25.8 Å². The van der Waals surface area contributed by atoms with E-state index >= 15 is 0 Å². The zero-order valence-corrected chi connectivity index (χ0v) is 14.6. The van der Waals surface area contributed by atoms with Gasteiger partial charge in [-0.3, -0.25) is 4.79 Å². The van der Waals surface area contributed by atoms with Gasteiger partial charge in [-0.2, -0.15) is 0 Å². The molecule has 0 spiro atoms. The van der Waals surface area contributed by atoms with E-state index < -0.39 is 15.6 Å². The average Bonchev–Trinajstić information content (AvgIpc) is 2.41. The van der Waals surface area contributed by atoms with Crippen molar-refractivity contribution in [2.24, 2.45) is 0 Å². The van der Waals surface area contributed by atoms with Gasteiger partial charge in [0.05, 0.1) is 4.90 Å². The Kier molecular flexibility index (Phi) is 6.56. The van der Waals surface area contributed by atoms with E-state index in [-0.39, 0.29) is 10.8 Å². The quantitative estimate of drug-likeness (QED) is 0.757. The van der Waals surface area contributed by atoms with Crippen LogP contribution in [0.1, 0.15) is 57.3 Å². The lowest BCUT2D eigenvalue weighted by molar-refractivity contribution is 0.0952. The summed E-state index contributed by atoms with van der Waals surface area (Å²) in [5, 5.41) is 2.81. The first-order valence-electron chi connectivity index (χ1n) is 7.58. The molecule has 0 aliphatic heterocycles. The van der Waals surface area contributed by atoms with Crippen molar-refractivity contribution in [2.45, 2.75) is 57.4 Å². The zero-order valence-electron chi connectivity index (χ0n) is 13.8.